The van der Waals surface area contributed by atoms with Crippen LogP contribution in [0, 0.1) is 5.82 Å². The molecule has 0 aliphatic heterocycles. The first-order valence-electron chi connectivity index (χ1n) is 5.51. The number of ether oxygens (including phenoxy) is 1. The van der Waals surface area contributed by atoms with Crippen molar-refractivity contribution >= 4 is 17.6 Å². The zero-order valence-electron chi connectivity index (χ0n) is 10.2. The average Bonchev–Trinajstić information content (AvgIpc) is 2.37. The molecule has 1 aromatic rings. The number of oxime groups is 1. The molecule has 0 aromatic heterocycles. The summed E-state index contributed by atoms with van der Waals surface area (Å²) in [4.78, 5) is 0. The minimum Gasteiger partial charge on any atom is -0.409 e. The van der Waals surface area contributed by atoms with Gasteiger partial charge in [-0.3, -0.25) is 0 Å². The fraction of sp³-hybridized carbons (Fsp3) is 0.417. The summed E-state index contributed by atoms with van der Waals surface area (Å²) in [6.45, 7) is 0.728. The summed E-state index contributed by atoms with van der Waals surface area (Å²) in [5, 5.41) is 11.4. The second kappa shape index (κ2) is 7.94. The summed E-state index contributed by atoms with van der Waals surface area (Å²) in [5.74, 6) is 1.17. The second-order valence-corrected chi connectivity index (χ2v) is 4.84. The van der Waals surface area contributed by atoms with Crippen molar-refractivity contribution in [2.24, 2.45) is 10.9 Å². The molecule has 1 rings (SSSR count). The van der Waals surface area contributed by atoms with Gasteiger partial charge in [0.05, 0.1) is 0 Å². The third kappa shape index (κ3) is 4.93. The van der Waals surface area contributed by atoms with Gasteiger partial charge in [-0.25, -0.2) is 4.39 Å². The molecule has 1 aromatic carbocycles. The summed E-state index contributed by atoms with van der Waals surface area (Å²) in [5.41, 5.74) is 6.65. The molecular weight excluding hydrogens is 255 g/mol. The fourth-order valence-electron chi connectivity index (χ4n) is 1.43. The van der Waals surface area contributed by atoms with E-state index in [-0.39, 0.29) is 11.7 Å². The van der Waals surface area contributed by atoms with Crippen molar-refractivity contribution in [2.75, 3.05) is 19.5 Å². The number of thioether (sulfide) groups is 1. The maximum atomic E-state index is 13.3. The predicted molar refractivity (Wildman–Crippen MR) is 71.6 cm³/mol. The van der Waals surface area contributed by atoms with Gasteiger partial charge in [0.25, 0.3) is 0 Å². The number of nitrogens with two attached hydrogens (primary N) is 1. The van der Waals surface area contributed by atoms with Crippen LogP contribution >= 0.6 is 11.8 Å². The van der Waals surface area contributed by atoms with Crippen LogP contribution in [-0.4, -0.2) is 30.5 Å². The van der Waals surface area contributed by atoms with Crippen LogP contribution in [0.4, 0.5) is 4.39 Å². The highest BCUT2D eigenvalue weighted by Gasteiger charge is 2.05. The van der Waals surface area contributed by atoms with Gasteiger partial charge in [0.15, 0.2) is 5.84 Å². The molecule has 0 spiro atoms. The number of rotatable bonds is 7. The van der Waals surface area contributed by atoms with E-state index in [4.69, 9.17) is 15.7 Å². The molecular formula is C12H17FN2O2S. The molecule has 0 radical (unpaired) electrons. The van der Waals surface area contributed by atoms with Crippen LogP contribution in [0.2, 0.25) is 0 Å². The third-order valence-corrected chi connectivity index (χ3v) is 3.38. The smallest absolute Gasteiger partial charge is 0.170 e. The van der Waals surface area contributed by atoms with Gasteiger partial charge in [0.1, 0.15) is 5.82 Å². The Morgan fingerprint density at radius 3 is 2.94 bits per heavy atom. The number of hydrogen-bond donors (Lipinski definition) is 2. The van der Waals surface area contributed by atoms with Crippen LogP contribution in [0.5, 0.6) is 0 Å². The van der Waals surface area contributed by atoms with Crippen molar-refractivity contribution in [3.63, 3.8) is 0 Å². The molecule has 0 saturated heterocycles. The molecule has 0 atom stereocenters. The van der Waals surface area contributed by atoms with Crippen molar-refractivity contribution in [3.8, 4) is 0 Å². The Bertz CT molecular complexity index is 413. The monoisotopic (exact) mass is 272 g/mol. The lowest BCUT2D eigenvalue weighted by atomic mass is 10.1. The molecule has 0 heterocycles. The molecule has 0 aliphatic carbocycles. The van der Waals surface area contributed by atoms with Gasteiger partial charge in [-0.2, -0.15) is 11.8 Å². The molecule has 100 valence electrons. The Labute approximate surface area is 110 Å². The van der Waals surface area contributed by atoms with E-state index >= 15 is 0 Å². The van der Waals surface area contributed by atoms with E-state index in [1.54, 1.807) is 24.9 Å². The molecule has 6 heteroatoms. The van der Waals surface area contributed by atoms with Gasteiger partial charge in [-0.15, -0.1) is 0 Å². The highest BCUT2D eigenvalue weighted by Crippen LogP contribution is 2.16. The number of halogens is 1. The standard InChI is InChI=1S/C12H17FN2O2S/c1-17-3-2-4-18-8-9-5-10(12(14)15-16)7-11(13)6-9/h5-7,16H,2-4,8H2,1H3,(H2,14,15). The second-order valence-electron chi connectivity index (χ2n) is 3.73. The Kier molecular flexibility index (Phi) is 6.53. The van der Waals surface area contributed by atoms with E-state index in [1.165, 1.54) is 12.1 Å². The van der Waals surface area contributed by atoms with Gasteiger partial charge in [-0.05, 0) is 35.9 Å². The average molecular weight is 272 g/mol. The maximum absolute atomic E-state index is 13.3. The molecule has 3 N–H and O–H groups in total. The van der Waals surface area contributed by atoms with Gasteiger partial charge < -0.3 is 15.7 Å². The minimum absolute atomic E-state index is 0.0832. The van der Waals surface area contributed by atoms with Crippen LogP contribution in [-0.2, 0) is 10.5 Å². The molecule has 0 unspecified atom stereocenters. The summed E-state index contributed by atoms with van der Waals surface area (Å²) in [7, 11) is 1.67. The zero-order chi connectivity index (χ0) is 13.4. The Morgan fingerprint density at radius 2 is 2.28 bits per heavy atom. The molecule has 0 bridgehead atoms. The molecule has 0 saturated carbocycles. The van der Waals surface area contributed by atoms with E-state index in [0.29, 0.717) is 11.3 Å². The highest BCUT2D eigenvalue weighted by atomic mass is 32.2. The number of benzene rings is 1. The van der Waals surface area contributed by atoms with Crippen LogP contribution < -0.4 is 5.73 Å². The van der Waals surface area contributed by atoms with Crippen LogP contribution in [0.25, 0.3) is 0 Å². The zero-order valence-corrected chi connectivity index (χ0v) is 11.0. The van der Waals surface area contributed by atoms with E-state index in [0.717, 1.165) is 24.3 Å². The van der Waals surface area contributed by atoms with Crippen LogP contribution in [0.1, 0.15) is 17.5 Å². The first-order valence-corrected chi connectivity index (χ1v) is 6.67. The predicted octanol–water partition coefficient (Wildman–Crippen LogP) is 2.19. The fourth-order valence-corrected chi connectivity index (χ4v) is 2.30. The van der Waals surface area contributed by atoms with E-state index in [1.807, 2.05) is 0 Å². The van der Waals surface area contributed by atoms with Gasteiger partial charge in [0, 0.05) is 25.0 Å². The third-order valence-electron chi connectivity index (χ3n) is 2.27. The van der Waals surface area contributed by atoms with Gasteiger partial charge in [-0.1, -0.05) is 5.16 Å². The Balaban J connectivity index is 2.58. The van der Waals surface area contributed by atoms with Crippen LogP contribution in [0.15, 0.2) is 23.4 Å². The molecule has 18 heavy (non-hydrogen) atoms. The lowest BCUT2D eigenvalue weighted by molar-refractivity contribution is 0.200. The normalized spacial score (nSPS) is 11.8. The number of amidine groups is 1. The lowest BCUT2D eigenvalue weighted by Crippen LogP contribution is -2.13. The van der Waals surface area contributed by atoms with E-state index in [2.05, 4.69) is 5.16 Å². The Morgan fingerprint density at radius 1 is 1.50 bits per heavy atom. The summed E-state index contributed by atoms with van der Waals surface area (Å²) in [6.07, 6.45) is 0.962. The molecule has 0 aliphatic rings. The molecule has 0 amide bonds. The van der Waals surface area contributed by atoms with E-state index < -0.39 is 0 Å². The SMILES string of the molecule is COCCCSCc1cc(F)cc(/C(N)=N/O)c1. The summed E-state index contributed by atoms with van der Waals surface area (Å²) in [6, 6.07) is 4.42. The summed E-state index contributed by atoms with van der Waals surface area (Å²) < 4.78 is 18.3. The molecule has 4 nitrogen and oxygen atoms in total. The lowest BCUT2D eigenvalue weighted by Gasteiger charge is -2.05. The van der Waals surface area contributed by atoms with Gasteiger partial charge in [0.2, 0.25) is 0 Å². The van der Waals surface area contributed by atoms with Crippen molar-refractivity contribution in [2.45, 2.75) is 12.2 Å². The van der Waals surface area contributed by atoms with Crippen molar-refractivity contribution in [3.05, 3.63) is 35.1 Å². The largest absolute Gasteiger partial charge is 0.409 e. The van der Waals surface area contributed by atoms with Gasteiger partial charge >= 0.3 is 0 Å². The number of methoxy groups -OCH3 is 1. The van der Waals surface area contributed by atoms with E-state index in [9.17, 15) is 4.39 Å². The first kappa shape index (κ1) is 14.8. The minimum atomic E-state index is -0.383. The quantitative estimate of drug-likeness (QED) is 0.262. The topological polar surface area (TPSA) is 67.8 Å². The molecule has 0 fully saturated rings. The van der Waals surface area contributed by atoms with Crippen molar-refractivity contribution in [1.82, 2.24) is 0 Å². The van der Waals surface area contributed by atoms with Crippen molar-refractivity contribution < 1.29 is 14.3 Å². The highest BCUT2D eigenvalue weighted by molar-refractivity contribution is 7.98. The van der Waals surface area contributed by atoms with Crippen molar-refractivity contribution in [1.29, 1.82) is 0 Å². The van der Waals surface area contributed by atoms with Crippen LogP contribution in [0.3, 0.4) is 0 Å². The maximum Gasteiger partial charge on any atom is 0.170 e. The first-order chi connectivity index (χ1) is 8.67. The number of nitrogens with zero attached hydrogens (tertiary/aromatic N) is 1. The Hall–Kier alpha value is -1.27. The summed E-state index contributed by atoms with van der Waals surface area (Å²) >= 11 is 1.69. The number of hydrogen-bond acceptors (Lipinski definition) is 4.